The van der Waals surface area contributed by atoms with E-state index in [-0.39, 0.29) is 23.2 Å². The summed E-state index contributed by atoms with van der Waals surface area (Å²) < 4.78 is 0. The molecule has 2 aliphatic rings. The first-order valence-corrected chi connectivity index (χ1v) is 8.57. The van der Waals surface area contributed by atoms with Gasteiger partial charge in [0.2, 0.25) is 5.91 Å². The van der Waals surface area contributed by atoms with Crippen molar-refractivity contribution >= 4 is 29.1 Å². The third-order valence-electron chi connectivity index (χ3n) is 5.04. The van der Waals surface area contributed by atoms with Crippen molar-refractivity contribution in [3.8, 4) is 0 Å². The minimum atomic E-state index is -0.813. The molecule has 1 saturated carbocycles. The van der Waals surface area contributed by atoms with E-state index in [9.17, 15) is 4.79 Å². The van der Waals surface area contributed by atoms with E-state index in [1.807, 2.05) is 30.0 Å². The van der Waals surface area contributed by atoms with Crippen molar-refractivity contribution in [1.29, 1.82) is 0 Å². The van der Waals surface area contributed by atoms with Gasteiger partial charge in [0.05, 0.1) is 0 Å². The third kappa shape index (κ3) is 2.47. The first kappa shape index (κ1) is 15.2. The van der Waals surface area contributed by atoms with E-state index in [0.29, 0.717) is 13.0 Å². The predicted molar refractivity (Wildman–Crippen MR) is 86.6 cm³/mol. The second-order valence-electron chi connectivity index (χ2n) is 6.17. The Labute approximate surface area is 136 Å². The lowest BCUT2D eigenvalue weighted by molar-refractivity contribution is -0.131. The highest BCUT2D eigenvalue weighted by molar-refractivity contribution is 6.36. The summed E-state index contributed by atoms with van der Waals surface area (Å²) in [6, 6.07) is 10.3. The Balaban J connectivity index is 1.92. The molecule has 1 aliphatic carbocycles. The van der Waals surface area contributed by atoms with Gasteiger partial charge in [-0.3, -0.25) is 4.79 Å². The molecule has 4 heteroatoms. The van der Waals surface area contributed by atoms with Crippen LogP contribution in [0.1, 0.15) is 38.2 Å². The van der Waals surface area contributed by atoms with Crippen LogP contribution < -0.4 is 0 Å². The van der Waals surface area contributed by atoms with Gasteiger partial charge in [0.1, 0.15) is 4.87 Å². The fourth-order valence-corrected chi connectivity index (χ4v) is 4.96. The molecule has 2 fully saturated rings. The van der Waals surface area contributed by atoms with E-state index in [2.05, 4.69) is 12.1 Å². The van der Waals surface area contributed by atoms with Gasteiger partial charge in [-0.05, 0) is 31.2 Å². The van der Waals surface area contributed by atoms with Gasteiger partial charge in [0.25, 0.3) is 0 Å². The minimum Gasteiger partial charge on any atom is -0.333 e. The highest BCUT2D eigenvalue weighted by Crippen LogP contribution is 2.50. The molecule has 1 aromatic carbocycles. The van der Waals surface area contributed by atoms with Crippen molar-refractivity contribution in [2.75, 3.05) is 0 Å². The van der Waals surface area contributed by atoms with Crippen LogP contribution >= 0.6 is 23.2 Å². The zero-order valence-corrected chi connectivity index (χ0v) is 13.8. The number of hydrogen-bond donors (Lipinski definition) is 0. The van der Waals surface area contributed by atoms with Crippen LogP contribution in [0.2, 0.25) is 0 Å². The number of halogens is 2. The molecule has 3 rings (SSSR count). The lowest BCUT2D eigenvalue weighted by Crippen LogP contribution is -2.43. The predicted octanol–water partition coefficient (Wildman–Crippen LogP) is 4.19. The fourth-order valence-electron chi connectivity index (χ4n) is 3.95. The van der Waals surface area contributed by atoms with Gasteiger partial charge in [0.15, 0.2) is 0 Å². The summed E-state index contributed by atoms with van der Waals surface area (Å²) in [5.41, 5.74) is 1.15. The summed E-state index contributed by atoms with van der Waals surface area (Å²) in [7, 11) is 0. The zero-order chi connectivity index (χ0) is 15.0. The monoisotopic (exact) mass is 325 g/mol. The summed E-state index contributed by atoms with van der Waals surface area (Å²) in [4.78, 5) is 14.1. The number of nitrogens with zero attached hydrogens (tertiary/aromatic N) is 1. The molecule has 4 unspecified atom stereocenters. The molecular weight excluding hydrogens is 305 g/mol. The summed E-state index contributed by atoms with van der Waals surface area (Å²) in [6.45, 7) is 2.63. The molecule has 1 aliphatic heterocycles. The molecule has 0 N–H and O–H groups in total. The number of carbonyl (C=O) groups is 1. The minimum absolute atomic E-state index is 0.00548. The van der Waals surface area contributed by atoms with Crippen molar-refractivity contribution in [2.45, 2.75) is 55.4 Å². The Morgan fingerprint density at radius 3 is 2.67 bits per heavy atom. The normalized spacial score (nSPS) is 35.9. The standard InChI is InChI=1S/C17H21Cl2NO/c1-2-17(19)15-13(18)9-6-10-14(15)20(16(17)21)11-12-7-4-3-5-8-12/h3-5,7-8,13-15H,2,6,9-11H2,1H3. The van der Waals surface area contributed by atoms with Crippen LogP contribution in [-0.4, -0.2) is 27.1 Å². The largest absolute Gasteiger partial charge is 0.333 e. The van der Waals surface area contributed by atoms with Gasteiger partial charge in [-0.2, -0.15) is 0 Å². The van der Waals surface area contributed by atoms with E-state index in [1.54, 1.807) is 0 Å². The molecule has 1 amide bonds. The average molecular weight is 326 g/mol. The molecule has 0 bridgehead atoms. The first-order valence-electron chi connectivity index (χ1n) is 7.76. The Morgan fingerprint density at radius 1 is 1.29 bits per heavy atom. The number of hydrogen-bond acceptors (Lipinski definition) is 1. The van der Waals surface area contributed by atoms with Crippen LogP contribution in [0.3, 0.4) is 0 Å². The number of carbonyl (C=O) groups excluding carboxylic acids is 1. The van der Waals surface area contributed by atoms with Crippen molar-refractivity contribution in [3.05, 3.63) is 35.9 Å². The van der Waals surface area contributed by atoms with Crippen LogP contribution in [0.25, 0.3) is 0 Å². The summed E-state index contributed by atoms with van der Waals surface area (Å²) in [5, 5.41) is 0.00548. The highest BCUT2D eigenvalue weighted by Gasteiger charge is 2.60. The molecule has 1 saturated heterocycles. The molecule has 4 atom stereocenters. The van der Waals surface area contributed by atoms with Crippen LogP contribution in [0.5, 0.6) is 0 Å². The number of benzene rings is 1. The Hall–Kier alpha value is -0.730. The summed E-state index contributed by atoms with van der Waals surface area (Å²) in [6.07, 6.45) is 3.69. The lowest BCUT2D eigenvalue weighted by Gasteiger charge is -2.36. The van der Waals surface area contributed by atoms with Crippen LogP contribution in [0, 0.1) is 5.92 Å². The molecular formula is C17H21Cl2NO. The van der Waals surface area contributed by atoms with E-state index >= 15 is 0 Å². The Kier molecular flexibility index (Phi) is 4.20. The molecule has 0 spiro atoms. The highest BCUT2D eigenvalue weighted by atomic mass is 35.5. The average Bonchev–Trinajstić information content (AvgIpc) is 2.72. The van der Waals surface area contributed by atoms with Gasteiger partial charge >= 0.3 is 0 Å². The SMILES string of the molecule is CCC1(Cl)C(=O)N(Cc2ccccc2)C2CCCC(Cl)C21. The van der Waals surface area contributed by atoms with Crippen LogP contribution in [0.15, 0.2) is 30.3 Å². The number of alkyl halides is 2. The molecule has 1 aromatic rings. The van der Waals surface area contributed by atoms with Crippen molar-refractivity contribution in [1.82, 2.24) is 4.90 Å². The zero-order valence-electron chi connectivity index (χ0n) is 12.3. The number of fused-ring (bicyclic) bond motifs is 1. The maximum atomic E-state index is 12.9. The quantitative estimate of drug-likeness (QED) is 0.763. The van der Waals surface area contributed by atoms with Crippen LogP contribution in [-0.2, 0) is 11.3 Å². The van der Waals surface area contributed by atoms with E-state index < -0.39 is 4.87 Å². The van der Waals surface area contributed by atoms with E-state index in [0.717, 1.165) is 24.8 Å². The van der Waals surface area contributed by atoms with E-state index in [4.69, 9.17) is 23.2 Å². The maximum absolute atomic E-state index is 12.9. The molecule has 0 radical (unpaired) electrons. The van der Waals surface area contributed by atoms with Crippen molar-refractivity contribution in [2.24, 2.45) is 5.92 Å². The molecule has 1 heterocycles. The number of rotatable bonds is 3. The molecule has 114 valence electrons. The second-order valence-corrected chi connectivity index (χ2v) is 7.41. The number of amides is 1. The van der Waals surface area contributed by atoms with Gasteiger partial charge < -0.3 is 4.90 Å². The first-order chi connectivity index (χ1) is 10.1. The van der Waals surface area contributed by atoms with Crippen molar-refractivity contribution < 1.29 is 4.79 Å². The Bertz CT molecular complexity index is 521. The van der Waals surface area contributed by atoms with Gasteiger partial charge in [-0.25, -0.2) is 0 Å². The van der Waals surface area contributed by atoms with E-state index in [1.165, 1.54) is 0 Å². The van der Waals surface area contributed by atoms with Crippen LogP contribution in [0.4, 0.5) is 0 Å². The van der Waals surface area contributed by atoms with Crippen molar-refractivity contribution in [3.63, 3.8) is 0 Å². The smallest absolute Gasteiger partial charge is 0.244 e. The molecule has 21 heavy (non-hydrogen) atoms. The second kappa shape index (κ2) is 5.81. The fraction of sp³-hybridized carbons (Fsp3) is 0.588. The lowest BCUT2D eigenvalue weighted by atomic mass is 9.77. The number of likely N-dealkylation sites (tertiary alicyclic amines) is 1. The maximum Gasteiger partial charge on any atom is 0.244 e. The molecule has 0 aromatic heterocycles. The van der Waals surface area contributed by atoms with Gasteiger partial charge in [-0.15, -0.1) is 23.2 Å². The summed E-state index contributed by atoms with van der Waals surface area (Å²) in [5.74, 6) is 0.133. The molecule has 2 nitrogen and oxygen atoms in total. The topological polar surface area (TPSA) is 20.3 Å². The van der Waals surface area contributed by atoms with Gasteiger partial charge in [-0.1, -0.05) is 37.3 Å². The Morgan fingerprint density at radius 2 is 2.00 bits per heavy atom. The van der Waals surface area contributed by atoms with Gasteiger partial charge in [0, 0.05) is 23.9 Å². The third-order valence-corrected chi connectivity index (χ3v) is 6.21. The summed E-state index contributed by atoms with van der Waals surface area (Å²) >= 11 is 13.3.